The molecular weight excluding hydrogens is 218 g/mol. The fraction of sp³-hybridized carbons (Fsp3) is 1.00. The van der Waals surface area contributed by atoms with Gasteiger partial charge in [0.05, 0.1) is 6.61 Å². The molecule has 0 aromatic heterocycles. The van der Waals surface area contributed by atoms with E-state index >= 15 is 0 Å². The van der Waals surface area contributed by atoms with E-state index in [4.69, 9.17) is 4.74 Å². The van der Waals surface area contributed by atoms with Gasteiger partial charge in [-0.2, -0.15) is 12.6 Å². The molecule has 0 radical (unpaired) electrons. The molecule has 1 rings (SSSR count). The van der Waals surface area contributed by atoms with Gasteiger partial charge in [0.2, 0.25) is 0 Å². The van der Waals surface area contributed by atoms with E-state index in [9.17, 15) is 0 Å². The molecule has 1 fully saturated rings. The lowest BCUT2D eigenvalue weighted by molar-refractivity contribution is 0.123. The molecule has 1 heterocycles. The SMILES string of the molecule is CCCCOCC(S)CN1CCCCCC1. The van der Waals surface area contributed by atoms with Crippen molar-refractivity contribution in [3.63, 3.8) is 0 Å². The van der Waals surface area contributed by atoms with Crippen molar-refractivity contribution in [1.82, 2.24) is 4.90 Å². The Morgan fingerprint density at radius 2 is 1.88 bits per heavy atom. The van der Waals surface area contributed by atoms with Crippen LogP contribution >= 0.6 is 12.6 Å². The molecule has 0 bridgehead atoms. The highest BCUT2D eigenvalue weighted by Crippen LogP contribution is 2.11. The summed E-state index contributed by atoms with van der Waals surface area (Å²) in [7, 11) is 0. The summed E-state index contributed by atoms with van der Waals surface area (Å²) in [5.41, 5.74) is 0. The quantitative estimate of drug-likeness (QED) is 0.547. The molecule has 2 nitrogen and oxygen atoms in total. The molecule has 0 aromatic rings. The average Bonchev–Trinajstić information content (AvgIpc) is 2.53. The van der Waals surface area contributed by atoms with Crippen LogP contribution < -0.4 is 0 Å². The van der Waals surface area contributed by atoms with Crippen LogP contribution in [0.3, 0.4) is 0 Å². The van der Waals surface area contributed by atoms with Crippen LogP contribution in [0.2, 0.25) is 0 Å². The molecule has 0 aromatic carbocycles. The molecule has 16 heavy (non-hydrogen) atoms. The number of thiol groups is 1. The first-order valence-corrected chi connectivity index (χ1v) is 7.32. The van der Waals surface area contributed by atoms with E-state index in [1.54, 1.807) is 0 Å². The van der Waals surface area contributed by atoms with Crippen LogP contribution in [0, 0.1) is 0 Å². The summed E-state index contributed by atoms with van der Waals surface area (Å²) in [5.74, 6) is 0. The van der Waals surface area contributed by atoms with Crippen molar-refractivity contribution in [2.45, 2.75) is 50.7 Å². The van der Waals surface area contributed by atoms with Gasteiger partial charge in [-0.1, -0.05) is 26.2 Å². The normalized spacial score (nSPS) is 20.6. The fourth-order valence-corrected chi connectivity index (χ4v) is 2.47. The van der Waals surface area contributed by atoms with Crippen LogP contribution in [0.4, 0.5) is 0 Å². The van der Waals surface area contributed by atoms with E-state index in [1.807, 2.05) is 0 Å². The van der Waals surface area contributed by atoms with Gasteiger partial charge in [0.25, 0.3) is 0 Å². The first kappa shape index (κ1) is 14.3. The van der Waals surface area contributed by atoms with Gasteiger partial charge in [0, 0.05) is 18.4 Å². The molecule has 0 saturated carbocycles. The van der Waals surface area contributed by atoms with Gasteiger partial charge >= 0.3 is 0 Å². The minimum Gasteiger partial charge on any atom is -0.380 e. The highest BCUT2D eigenvalue weighted by molar-refractivity contribution is 7.81. The maximum atomic E-state index is 5.61. The number of rotatable bonds is 7. The Labute approximate surface area is 106 Å². The minimum atomic E-state index is 0.384. The van der Waals surface area contributed by atoms with Gasteiger partial charge in [0.15, 0.2) is 0 Å². The van der Waals surface area contributed by atoms with Crippen LogP contribution in [0.25, 0.3) is 0 Å². The Bertz CT molecular complexity index is 158. The first-order valence-electron chi connectivity index (χ1n) is 6.81. The smallest absolute Gasteiger partial charge is 0.0594 e. The second kappa shape index (κ2) is 9.32. The zero-order valence-electron chi connectivity index (χ0n) is 10.7. The van der Waals surface area contributed by atoms with Gasteiger partial charge in [-0.25, -0.2) is 0 Å². The van der Waals surface area contributed by atoms with Crippen LogP contribution in [0.5, 0.6) is 0 Å². The monoisotopic (exact) mass is 245 g/mol. The molecule has 0 amide bonds. The predicted molar refractivity (Wildman–Crippen MR) is 73.4 cm³/mol. The summed E-state index contributed by atoms with van der Waals surface area (Å²) in [6.07, 6.45) is 7.91. The summed E-state index contributed by atoms with van der Waals surface area (Å²) in [4.78, 5) is 2.55. The Kier molecular flexibility index (Phi) is 8.34. The fourth-order valence-electron chi connectivity index (χ4n) is 2.14. The number of nitrogens with zero attached hydrogens (tertiary/aromatic N) is 1. The lowest BCUT2D eigenvalue weighted by atomic mass is 10.2. The van der Waals surface area contributed by atoms with E-state index in [2.05, 4.69) is 24.5 Å². The predicted octanol–water partition coefficient (Wildman–Crippen LogP) is 2.98. The standard InChI is InChI=1S/C13H27NOS/c1-2-3-10-15-12-13(16)11-14-8-6-4-5-7-9-14/h13,16H,2-12H2,1H3. The van der Waals surface area contributed by atoms with E-state index in [0.29, 0.717) is 5.25 Å². The third kappa shape index (κ3) is 6.77. The number of hydrogen-bond acceptors (Lipinski definition) is 3. The summed E-state index contributed by atoms with van der Waals surface area (Å²) < 4.78 is 5.61. The Balaban J connectivity index is 2.04. The molecule has 0 spiro atoms. The average molecular weight is 245 g/mol. The maximum Gasteiger partial charge on any atom is 0.0594 e. The van der Waals surface area contributed by atoms with Crippen molar-refractivity contribution < 1.29 is 4.74 Å². The Hall–Kier alpha value is 0.270. The molecule has 1 unspecified atom stereocenters. The topological polar surface area (TPSA) is 12.5 Å². The van der Waals surface area contributed by atoms with Crippen molar-refractivity contribution in [3.05, 3.63) is 0 Å². The van der Waals surface area contributed by atoms with Gasteiger partial charge in [-0.15, -0.1) is 0 Å². The molecule has 1 atom stereocenters. The Morgan fingerprint density at radius 1 is 1.19 bits per heavy atom. The summed E-state index contributed by atoms with van der Waals surface area (Å²) in [6, 6.07) is 0. The largest absolute Gasteiger partial charge is 0.380 e. The van der Waals surface area contributed by atoms with Crippen molar-refractivity contribution in [3.8, 4) is 0 Å². The van der Waals surface area contributed by atoms with E-state index in [0.717, 1.165) is 19.8 Å². The highest BCUT2D eigenvalue weighted by Gasteiger charge is 2.12. The second-order valence-corrected chi connectivity index (χ2v) is 5.53. The number of unbranched alkanes of at least 4 members (excludes halogenated alkanes) is 1. The van der Waals surface area contributed by atoms with Crippen LogP contribution in [-0.4, -0.2) is 43.0 Å². The van der Waals surface area contributed by atoms with Crippen LogP contribution in [0.15, 0.2) is 0 Å². The van der Waals surface area contributed by atoms with Crippen molar-refractivity contribution in [1.29, 1.82) is 0 Å². The molecule has 3 heteroatoms. The van der Waals surface area contributed by atoms with Gasteiger partial charge in [0.1, 0.15) is 0 Å². The van der Waals surface area contributed by atoms with E-state index in [1.165, 1.54) is 51.6 Å². The summed E-state index contributed by atoms with van der Waals surface area (Å²) >= 11 is 4.61. The molecular formula is C13H27NOS. The number of hydrogen-bond donors (Lipinski definition) is 1. The van der Waals surface area contributed by atoms with Crippen molar-refractivity contribution in [2.24, 2.45) is 0 Å². The third-order valence-electron chi connectivity index (χ3n) is 3.12. The molecule has 0 N–H and O–H groups in total. The minimum absolute atomic E-state index is 0.384. The van der Waals surface area contributed by atoms with Crippen molar-refractivity contribution in [2.75, 3.05) is 32.8 Å². The van der Waals surface area contributed by atoms with Crippen LogP contribution in [-0.2, 0) is 4.74 Å². The molecule has 96 valence electrons. The van der Waals surface area contributed by atoms with Crippen LogP contribution in [0.1, 0.15) is 45.4 Å². The second-order valence-electron chi connectivity index (χ2n) is 4.80. The van der Waals surface area contributed by atoms with E-state index in [-0.39, 0.29) is 0 Å². The van der Waals surface area contributed by atoms with Gasteiger partial charge < -0.3 is 9.64 Å². The summed E-state index contributed by atoms with van der Waals surface area (Å²) in [6.45, 7) is 7.50. The third-order valence-corrected chi connectivity index (χ3v) is 3.43. The molecule has 1 aliphatic heterocycles. The lowest BCUT2D eigenvalue weighted by Gasteiger charge is -2.23. The molecule has 0 aliphatic carbocycles. The number of ether oxygens (including phenoxy) is 1. The zero-order valence-corrected chi connectivity index (χ0v) is 11.6. The first-order chi connectivity index (χ1) is 7.83. The molecule has 1 saturated heterocycles. The summed E-state index contributed by atoms with van der Waals surface area (Å²) in [5, 5.41) is 0.384. The number of likely N-dealkylation sites (tertiary alicyclic amines) is 1. The zero-order chi connectivity index (χ0) is 11.6. The van der Waals surface area contributed by atoms with Gasteiger partial charge in [-0.05, 0) is 32.4 Å². The highest BCUT2D eigenvalue weighted by atomic mass is 32.1. The van der Waals surface area contributed by atoms with E-state index < -0.39 is 0 Å². The molecule has 1 aliphatic rings. The Morgan fingerprint density at radius 3 is 2.50 bits per heavy atom. The maximum absolute atomic E-state index is 5.61. The lowest BCUT2D eigenvalue weighted by Crippen LogP contribution is -2.33. The van der Waals surface area contributed by atoms with Crippen molar-refractivity contribution >= 4 is 12.6 Å². The van der Waals surface area contributed by atoms with Gasteiger partial charge in [-0.3, -0.25) is 0 Å².